The second-order valence-corrected chi connectivity index (χ2v) is 7.66. The lowest BCUT2D eigenvalue weighted by atomic mass is 10.2. The van der Waals surface area contributed by atoms with Gasteiger partial charge in [-0.25, -0.2) is 0 Å². The molecule has 1 N–H and O–H groups in total. The van der Waals surface area contributed by atoms with Crippen LogP contribution in [-0.4, -0.2) is 29.8 Å². The van der Waals surface area contributed by atoms with Crippen LogP contribution in [0.5, 0.6) is 11.5 Å². The molecule has 7 nitrogen and oxygen atoms in total. The summed E-state index contributed by atoms with van der Waals surface area (Å²) in [6, 6.07) is 16.6. The molecule has 1 aromatic heterocycles. The number of hydrogen-bond donors (Lipinski definition) is 1. The lowest BCUT2D eigenvalue weighted by Crippen LogP contribution is -2.20. The molecule has 0 aliphatic rings. The van der Waals surface area contributed by atoms with Gasteiger partial charge in [-0.3, -0.25) is 10.1 Å². The average Bonchev–Trinajstić information content (AvgIpc) is 3.18. The maximum absolute atomic E-state index is 12.1. The zero-order valence-electron chi connectivity index (χ0n) is 14.9. The number of aromatic nitrogens is 2. The normalized spacial score (nSPS) is 10.1. The predicted molar refractivity (Wildman–Crippen MR) is 108 cm³/mol. The summed E-state index contributed by atoms with van der Waals surface area (Å²) in [5.74, 6) is 1.43. The van der Waals surface area contributed by atoms with Crippen molar-refractivity contribution in [2.24, 2.45) is 0 Å². The van der Waals surface area contributed by atoms with E-state index in [1.54, 1.807) is 37.4 Å². The third kappa shape index (κ3) is 5.45. The predicted octanol–water partition coefficient (Wildman–Crippen LogP) is 3.73. The number of nitriles is 1. The Labute approximate surface area is 170 Å². The summed E-state index contributed by atoms with van der Waals surface area (Å²) < 4.78 is 11.4. The van der Waals surface area contributed by atoms with E-state index in [1.165, 1.54) is 23.1 Å². The van der Waals surface area contributed by atoms with Crippen molar-refractivity contribution in [3.05, 3.63) is 59.7 Å². The van der Waals surface area contributed by atoms with E-state index in [9.17, 15) is 4.79 Å². The van der Waals surface area contributed by atoms with Crippen molar-refractivity contribution in [2.75, 3.05) is 19.0 Å². The second-order valence-electron chi connectivity index (χ2n) is 5.46. The SMILES string of the molecule is COc1ccccc1OCC(=O)Nc1nnc(SCc2ccc(C#N)cc2)s1. The lowest BCUT2D eigenvalue weighted by Gasteiger charge is -2.09. The van der Waals surface area contributed by atoms with Gasteiger partial charge in [-0.15, -0.1) is 10.2 Å². The van der Waals surface area contributed by atoms with Gasteiger partial charge < -0.3 is 9.47 Å². The fourth-order valence-electron chi connectivity index (χ4n) is 2.18. The molecule has 0 saturated heterocycles. The van der Waals surface area contributed by atoms with Crippen LogP contribution in [0.2, 0.25) is 0 Å². The van der Waals surface area contributed by atoms with Crippen molar-refractivity contribution in [3.63, 3.8) is 0 Å². The number of methoxy groups -OCH3 is 1. The summed E-state index contributed by atoms with van der Waals surface area (Å²) in [4.78, 5) is 12.1. The van der Waals surface area contributed by atoms with Crippen LogP contribution in [0.4, 0.5) is 5.13 Å². The molecule has 0 unspecified atom stereocenters. The van der Waals surface area contributed by atoms with Crippen LogP contribution in [0.25, 0.3) is 0 Å². The smallest absolute Gasteiger partial charge is 0.264 e. The molecule has 2 aromatic carbocycles. The van der Waals surface area contributed by atoms with Crippen molar-refractivity contribution in [2.45, 2.75) is 10.1 Å². The van der Waals surface area contributed by atoms with Gasteiger partial charge in [0, 0.05) is 5.75 Å². The van der Waals surface area contributed by atoms with Gasteiger partial charge in [-0.1, -0.05) is 47.4 Å². The van der Waals surface area contributed by atoms with Crippen LogP contribution >= 0.6 is 23.1 Å². The monoisotopic (exact) mass is 412 g/mol. The van der Waals surface area contributed by atoms with E-state index in [1.807, 2.05) is 18.2 Å². The van der Waals surface area contributed by atoms with E-state index in [-0.39, 0.29) is 12.5 Å². The molecule has 0 aliphatic carbocycles. The molecule has 0 fully saturated rings. The minimum absolute atomic E-state index is 0.159. The Morgan fingerprint density at radius 1 is 1.18 bits per heavy atom. The number of thioether (sulfide) groups is 1. The molecule has 0 bridgehead atoms. The molecule has 3 rings (SSSR count). The Morgan fingerprint density at radius 3 is 2.64 bits per heavy atom. The van der Waals surface area contributed by atoms with E-state index in [0.717, 1.165) is 9.90 Å². The number of benzene rings is 2. The number of carbonyl (C=O) groups excluding carboxylic acids is 1. The summed E-state index contributed by atoms with van der Waals surface area (Å²) in [6.07, 6.45) is 0. The molecule has 1 amide bonds. The lowest BCUT2D eigenvalue weighted by molar-refractivity contribution is -0.118. The maximum atomic E-state index is 12.1. The first-order chi connectivity index (χ1) is 13.7. The first kappa shape index (κ1) is 19.7. The van der Waals surface area contributed by atoms with Crippen LogP contribution in [0.3, 0.4) is 0 Å². The largest absolute Gasteiger partial charge is 0.493 e. The molecule has 0 radical (unpaired) electrons. The van der Waals surface area contributed by atoms with E-state index in [4.69, 9.17) is 14.7 Å². The van der Waals surface area contributed by atoms with Crippen molar-refractivity contribution in [1.29, 1.82) is 5.26 Å². The molecule has 28 heavy (non-hydrogen) atoms. The molecular formula is C19H16N4O3S2. The highest BCUT2D eigenvalue weighted by Gasteiger charge is 2.11. The van der Waals surface area contributed by atoms with Crippen LogP contribution in [0, 0.1) is 11.3 Å². The van der Waals surface area contributed by atoms with Gasteiger partial charge in [0.1, 0.15) is 0 Å². The Balaban J connectivity index is 1.48. The zero-order chi connectivity index (χ0) is 19.8. The Kier molecular flexibility index (Phi) is 6.84. The fourth-order valence-corrected chi connectivity index (χ4v) is 3.90. The minimum Gasteiger partial charge on any atom is -0.493 e. The number of ether oxygens (including phenoxy) is 2. The molecule has 0 aliphatic heterocycles. The number of anilines is 1. The quantitative estimate of drug-likeness (QED) is 0.445. The summed E-state index contributed by atoms with van der Waals surface area (Å²) in [6.45, 7) is -0.159. The number of hydrogen-bond acceptors (Lipinski definition) is 8. The third-order valence-corrected chi connectivity index (χ3v) is 5.57. The van der Waals surface area contributed by atoms with E-state index >= 15 is 0 Å². The minimum atomic E-state index is -0.328. The molecule has 1 heterocycles. The molecule has 3 aromatic rings. The van der Waals surface area contributed by atoms with Crippen LogP contribution in [-0.2, 0) is 10.5 Å². The third-order valence-electron chi connectivity index (χ3n) is 3.53. The molecule has 0 spiro atoms. The van der Waals surface area contributed by atoms with Gasteiger partial charge in [0.2, 0.25) is 5.13 Å². The topological polar surface area (TPSA) is 97.1 Å². The highest BCUT2D eigenvalue weighted by Crippen LogP contribution is 2.29. The average molecular weight is 412 g/mol. The Hall–Kier alpha value is -3.09. The summed E-state index contributed by atoms with van der Waals surface area (Å²) in [7, 11) is 1.54. The number of amides is 1. The summed E-state index contributed by atoms with van der Waals surface area (Å²) in [5, 5.41) is 20.0. The van der Waals surface area contributed by atoms with Gasteiger partial charge in [0.25, 0.3) is 5.91 Å². The molecule has 0 atom stereocenters. The van der Waals surface area contributed by atoms with Crippen LogP contribution in [0.1, 0.15) is 11.1 Å². The zero-order valence-corrected chi connectivity index (χ0v) is 16.5. The van der Waals surface area contributed by atoms with Crippen molar-refractivity contribution >= 4 is 34.1 Å². The van der Waals surface area contributed by atoms with Gasteiger partial charge in [0.05, 0.1) is 18.7 Å². The fraction of sp³-hybridized carbons (Fsp3) is 0.158. The molecular weight excluding hydrogens is 396 g/mol. The van der Waals surface area contributed by atoms with Gasteiger partial charge in [0.15, 0.2) is 22.4 Å². The molecule has 142 valence electrons. The van der Waals surface area contributed by atoms with E-state index < -0.39 is 0 Å². The van der Waals surface area contributed by atoms with E-state index in [0.29, 0.717) is 27.9 Å². The Bertz CT molecular complexity index is 983. The van der Waals surface area contributed by atoms with Crippen molar-refractivity contribution < 1.29 is 14.3 Å². The summed E-state index contributed by atoms with van der Waals surface area (Å²) in [5.41, 5.74) is 1.71. The van der Waals surface area contributed by atoms with Gasteiger partial charge in [-0.05, 0) is 29.8 Å². The number of nitrogens with one attached hydrogen (secondary N) is 1. The van der Waals surface area contributed by atoms with Crippen LogP contribution < -0.4 is 14.8 Å². The number of para-hydroxylation sites is 2. The highest BCUT2D eigenvalue weighted by atomic mass is 32.2. The van der Waals surface area contributed by atoms with Crippen LogP contribution in [0.15, 0.2) is 52.9 Å². The second kappa shape index (κ2) is 9.73. The number of nitrogens with zero attached hydrogens (tertiary/aromatic N) is 3. The Morgan fingerprint density at radius 2 is 1.93 bits per heavy atom. The van der Waals surface area contributed by atoms with Crippen molar-refractivity contribution in [3.8, 4) is 17.6 Å². The number of carbonyl (C=O) groups is 1. The van der Waals surface area contributed by atoms with E-state index in [2.05, 4.69) is 21.6 Å². The van der Waals surface area contributed by atoms with Gasteiger partial charge in [-0.2, -0.15) is 5.26 Å². The first-order valence-corrected chi connectivity index (χ1v) is 9.99. The number of rotatable bonds is 8. The standard InChI is InChI=1S/C19H16N4O3S2/c1-25-15-4-2-3-5-16(15)26-11-17(24)21-18-22-23-19(28-18)27-12-14-8-6-13(10-20)7-9-14/h2-9H,11-12H2,1H3,(H,21,22,24). The molecule has 0 saturated carbocycles. The molecule has 9 heteroatoms. The summed E-state index contributed by atoms with van der Waals surface area (Å²) >= 11 is 2.81. The first-order valence-electron chi connectivity index (χ1n) is 8.19. The van der Waals surface area contributed by atoms with Gasteiger partial charge >= 0.3 is 0 Å². The van der Waals surface area contributed by atoms with Crippen molar-refractivity contribution in [1.82, 2.24) is 10.2 Å². The maximum Gasteiger partial charge on any atom is 0.264 e. The highest BCUT2D eigenvalue weighted by molar-refractivity contribution is 8.00.